The molecular weight excluding hydrogens is 174 g/mol. The van der Waals surface area contributed by atoms with Gasteiger partial charge in [0.2, 0.25) is 5.91 Å². The highest BCUT2D eigenvalue weighted by molar-refractivity contribution is 5.83. The Kier molecular flexibility index (Phi) is 2.30. The standard InChI is InChI=1S/C12H13NO/c1-7-8(2)10(4)13(12(6)14)11(5)9(7)3/h1-5H2,6H3. The third kappa shape index (κ3) is 1.25. The number of likely N-dealkylation sites (tertiary alicyclic amines) is 1. The number of piperidine rings is 1. The number of amides is 1. The Morgan fingerprint density at radius 1 is 0.929 bits per heavy atom. The molecule has 0 aromatic rings. The molecule has 0 N–H and O–H groups in total. The van der Waals surface area contributed by atoms with Crippen LogP contribution in [0.3, 0.4) is 0 Å². The molecule has 1 aliphatic heterocycles. The lowest BCUT2D eigenvalue weighted by atomic mass is 9.92. The second kappa shape index (κ2) is 3.14. The van der Waals surface area contributed by atoms with E-state index in [-0.39, 0.29) is 5.91 Å². The summed E-state index contributed by atoms with van der Waals surface area (Å²) in [4.78, 5) is 12.7. The maximum atomic E-state index is 11.3. The largest absolute Gasteiger partial charge is 0.281 e. The van der Waals surface area contributed by atoms with Crippen LogP contribution in [0, 0.1) is 0 Å². The average molecular weight is 187 g/mol. The molecule has 1 fully saturated rings. The summed E-state index contributed by atoms with van der Waals surface area (Å²) >= 11 is 0. The lowest BCUT2D eigenvalue weighted by Gasteiger charge is -2.34. The van der Waals surface area contributed by atoms with Gasteiger partial charge < -0.3 is 0 Å². The Balaban J connectivity index is 3.24. The number of hydrogen-bond donors (Lipinski definition) is 0. The molecule has 1 heterocycles. The van der Waals surface area contributed by atoms with Crippen LogP contribution in [0.15, 0.2) is 61.0 Å². The second-order valence-corrected chi connectivity index (χ2v) is 3.18. The summed E-state index contributed by atoms with van der Waals surface area (Å²) in [6, 6.07) is 0. The molecule has 0 saturated carbocycles. The SMILES string of the molecule is C=C1C(=C)C(=C)N(C(C)=O)C(=C)C1=C. The van der Waals surface area contributed by atoms with Crippen LogP contribution in [0.4, 0.5) is 0 Å². The molecule has 1 saturated heterocycles. The topological polar surface area (TPSA) is 20.3 Å². The van der Waals surface area contributed by atoms with Gasteiger partial charge in [-0.2, -0.15) is 0 Å². The zero-order chi connectivity index (χ0) is 11.0. The third-order valence-electron chi connectivity index (χ3n) is 2.28. The second-order valence-electron chi connectivity index (χ2n) is 3.18. The van der Waals surface area contributed by atoms with Crippen molar-refractivity contribution in [2.45, 2.75) is 6.92 Å². The number of carbonyl (C=O) groups is 1. The number of rotatable bonds is 0. The third-order valence-corrected chi connectivity index (χ3v) is 2.28. The van der Waals surface area contributed by atoms with Gasteiger partial charge in [0.15, 0.2) is 0 Å². The summed E-state index contributed by atoms with van der Waals surface area (Å²) in [6.45, 7) is 20.4. The van der Waals surface area contributed by atoms with Crippen molar-refractivity contribution in [1.82, 2.24) is 4.90 Å². The normalized spacial score (nSPS) is 17.8. The van der Waals surface area contributed by atoms with Gasteiger partial charge >= 0.3 is 0 Å². The fraction of sp³-hybridized carbons (Fsp3) is 0.0833. The fourth-order valence-corrected chi connectivity index (χ4v) is 1.34. The molecule has 14 heavy (non-hydrogen) atoms. The first-order chi connectivity index (χ1) is 6.37. The Morgan fingerprint density at radius 3 is 1.57 bits per heavy atom. The fourth-order valence-electron chi connectivity index (χ4n) is 1.34. The maximum absolute atomic E-state index is 11.3. The van der Waals surface area contributed by atoms with Crippen molar-refractivity contribution in [3.05, 3.63) is 61.0 Å². The van der Waals surface area contributed by atoms with Gasteiger partial charge in [0.25, 0.3) is 0 Å². The van der Waals surface area contributed by atoms with Gasteiger partial charge in [-0.15, -0.1) is 0 Å². The van der Waals surface area contributed by atoms with Crippen molar-refractivity contribution in [1.29, 1.82) is 0 Å². The summed E-state index contributed by atoms with van der Waals surface area (Å²) in [5.41, 5.74) is 3.02. The van der Waals surface area contributed by atoms with E-state index in [4.69, 9.17) is 0 Å². The molecular formula is C12H13NO. The van der Waals surface area contributed by atoms with E-state index in [1.54, 1.807) is 0 Å². The zero-order valence-electron chi connectivity index (χ0n) is 8.39. The van der Waals surface area contributed by atoms with Crippen molar-refractivity contribution in [3.8, 4) is 0 Å². The van der Waals surface area contributed by atoms with Crippen LogP contribution in [0.1, 0.15) is 6.92 Å². The predicted molar refractivity (Wildman–Crippen MR) is 58.2 cm³/mol. The molecule has 0 aromatic heterocycles. The van der Waals surface area contributed by atoms with Gasteiger partial charge in [0, 0.05) is 18.3 Å². The van der Waals surface area contributed by atoms with E-state index in [9.17, 15) is 4.79 Å². The first-order valence-corrected chi connectivity index (χ1v) is 4.14. The van der Waals surface area contributed by atoms with Crippen molar-refractivity contribution >= 4 is 5.91 Å². The predicted octanol–water partition coefficient (Wildman–Crippen LogP) is 2.54. The highest BCUT2D eigenvalue weighted by Gasteiger charge is 2.28. The number of hydrogen-bond acceptors (Lipinski definition) is 1. The van der Waals surface area contributed by atoms with Crippen LogP contribution in [0.25, 0.3) is 0 Å². The molecule has 0 spiro atoms. The summed E-state index contributed by atoms with van der Waals surface area (Å²) in [5, 5.41) is 0. The molecule has 72 valence electrons. The van der Waals surface area contributed by atoms with E-state index >= 15 is 0 Å². The van der Waals surface area contributed by atoms with E-state index in [1.165, 1.54) is 11.8 Å². The van der Waals surface area contributed by atoms with Crippen LogP contribution >= 0.6 is 0 Å². The minimum atomic E-state index is -0.144. The van der Waals surface area contributed by atoms with Crippen LogP contribution < -0.4 is 0 Å². The van der Waals surface area contributed by atoms with Crippen LogP contribution in [0.2, 0.25) is 0 Å². The minimum absolute atomic E-state index is 0.144. The Bertz CT molecular complexity index is 369. The molecule has 2 heteroatoms. The number of allylic oxidation sites excluding steroid dienone is 2. The molecule has 0 aromatic carbocycles. The maximum Gasteiger partial charge on any atom is 0.228 e. The summed E-state index contributed by atoms with van der Waals surface area (Å²) in [7, 11) is 0. The lowest BCUT2D eigenvalue weighted by Crippen LogP contribution is -2.32. The molecule has 2 nitrogen and oxygen atoms in total. The molecule has 0 atom stereocenters. The Labute approximate surface area is 84.2 Å². The first-order valence-electron chi connectivity index (χ1n) is 4.14. The van der Waals surface area contributed by atoms with Crippen molar-refractivity contribution in [2.24, 2.45) is 0 Å². The van der Waals surface area contributed by atoms with Crippen molar-refractivity contribution in [2.75, 3.05) is 0 Å². The smallest absolute Gasteiger partial charge is 0.228 e. The van der Waals surface area contributed by atoms with Gasteiger partial charge in [-0.3, -0.25) is 9.69 Å². The van der Waals surface area contributed by atoms with E-state index in [0.29, 0.717) is 28.1 Å². The highest BCUT2D eigenvalue weighted by Crippen LogP contribution is 2.36. The summed E-state index contributed by atoms with van der Waals surface area (Å²) in [5.74, 6) is -0.144. The van der Waals surface area contributed by atoms with Crippen LogP contribution in [-0.2, 0) is 4.79 Å². The van der Waals surface area contributed by atoms with Crippen molar-refractivity contribution < 1.29 is 4.79 Å². The van der Waals surface area contributed by atoms with Crippen LogP contribution in [-0.4, -0.2) is 10.8 Å². The number of nitrogens with zero attached hydrogens (tertiary/aromatic N) is 1. The summed E-state index contributed by atoms with van der Waals surface area (Å²) in [6.07, 6.45) is 0. The van der Waals surface area contributed by atoms with Crippen molar-refractivity contribution in [3.63, 3.8) is 0 Å². The van der Waals surface area contributed by atoms with Gasteiger partial charge in [0.1, 0.15) is 0 Å². The van der Waals surface area contributed by atoms with Gasteiger partial charge in [-0.1, -0.05) is 32.9 Å². The average Bonchev–Trinajstić information content (AvgIpc) is 2.11. The van der Waals surface area contributed by atoms with Gasteiger partial charge in [-0.25, -0.2) is 0 Å². The van der Waals surface area contributed by atoms with E-state index < -0.39 is 0 Å². The lowest BCUT2D eigenvalue weighted by molar-refractivity contribution is -0.125. The van der Waals surface area contributed by atoms with Gasteiger partial charge in [-0.05, 0) is 16.7 Å². The summed E-state index contributed by atoms with van der Waals surface area (Å²) < 4.78 is 0. The zero-order valence-corrected chi connectivity index (χ0v) is 8.39. The molecule has 1 rings (SSSR count). The Hall–Kier alpha value is -1.83. The van der Waals surface area contributed by atoms with Gasteiger partial charge in [0.05, 0.1) is 0 Å². The molecule has 1 aliphatic rings. The van der Waals surface area contributed by atoms with E-state index in [0.717, 1.165) is 0 Å². The van der Waals surface area contributed by atoms with E-state index in [2.05, 4.69) is 32.9 Å². The quantitative estimate of drug-likeness (QED) is 0.570. The molecule has 0 radical (unpaired) electrons. The molecule has 1 amide bonds. The number of carbonyl (C=O) groups excluding carboxylic acids is 1. The minimum Gasteiger partial charge on any atom is -0.281 e. The molecule has 0 aliphatic carbocycles. The highest BCUT2D eigenvalue weighted by atomic mass is 16.2. The molecule has 0 unspecified atom stereocenters. The first kappa shape index (κ1) is 10.3. The van der Waals surface area contributed by atoms with E-state index in [1.807, 2.05) is 0 Å². The Morgan fingerprint density at radius 2 is 1.29 bits per heavy atom. The van der Waals surface area contributed by atoms with Crippen LogP contribution in [0.5, 0.6) is 0 Å². The monoisotopic (exact) mass is 187 g/mol. The molecule has 0 bridgehead atoms.